The van der Waals surface area contributed by atoms with E-state index in [2.05, 4.69) is 20.4 Å². The number of anilines is 2. The van der Waals surface area contributed by atoms with Crippen LogP contribution in [-0.4, -0.2) is 27.5 Å². The topological polar surface area (TPSA) is 87.6 Å². The second kappa shape index (κ2) is 7.92. The molecule has 0 atom stereocenters. The second-order valence-corrected chi connectivity index (χ2v) is 7.63. The molecule has 1 aromatic carbocycles. The molecule has 0 unspecified atom stereocenters. The van der Waals surface area contributed by atoms with E-state index in [1.165, 1.54) is 16.3 Å². The summed E-state index contributed by atoms with van der Waals surface area (Å²) in [4.78, 5) is 33.7. The lowest BCUT2D eigenvalue weighted by Gasteiger charge is -2.24. The van der Waals surface area contributed by atoms with Crippen LogP contribution in [0.15, 0.2) is 53.2 Å². The number of nitrogens with one attached hydrogen (secondary N) is 1. The molecule has 4 rings (SSSR count). The van der Waals surface area contributed by atoms with E-state index in [9.17, 15) is 9.59 Å². The van der Waals surface area contributed by atoms with E-state index in [0.29, 0.717) is 23.0 Å². The molecule has 0 saturated carbocycles. The van der Waals surface area contributed by atoms with Crippen LogP contribution in [0.3, 0.4) is 0 Å². The first-order valence-corrected chi connectivity index (χ1v) is 10.0. The predicted molar refractivity (Wildman–Crippen MR) is 114 cm³/mol. The number of carbonyl (C=O) groups is 2. The molecule has 0 fully saturated rings. The van der Waals surface area contributed by atoms with Crippen LogP contribution in [0.25, 0.3) is 11.3 Å². The summed E-state index contributed by atoms with van der Waals surface area (Å²) in [5, 5.41) is 10.8. The smallest absolute Gasteiger partial charge is 0.273 e. The van der Waals surface area contributed by atoms with Gasteiger partial charge in [-0.2, -0.15) is 5.10 Å². The summed E-state index contributed by atoms with van der Waals surface area (Å²) in [5.74, 6) is -0.469. The molecule has 0 saturated heterocycles. The van der Waals surface area contributed by atoms with Crippen LogP contribution in [0.2, 0.25) is 0 Å². The summed E-state index contributed by atoms with van der Waals surface area (Å²) < 4.78 is 0. The highest BCUT2D eigenvalue weighted by molar-refractivity contribution is 7.14. The van der Waals surface area contributed by atoms with Crippen molar-refractivity contribution in [1.82, 2.24) is 9.97 Å². The standard InChI is InChI=1S/C21H19N5O2S/c1-13-5-6-14(2)18(10-13)26-19(27)8-7-16(25-26)20(28)24-21-23-17(12-29-21)15-4-3-9-22-11-15/h3-6,9-12H,7-8H2,1-2H3,(H,23,24,28). The third kappa shape index (κ3) is 4.07. The van der Waals surface area contributed by atoms with Crippen LogP contribution >= 0.6 is 11.3 Å². The van der Waals surface area contributed by atoms with Crippen molar-refractivity contribution in [2.45, 2.75) is 26.7 Å². The van der Waals surface area contributed by atoms with Crippen molar-refractivity contribution in [1.29, 1.82) is 0 Å². The molecule has 0 radical (unpaired) electrons. The first kappa shape index (κ1) is 18.9. The summed E-state index contributed by atoms with van der Waals surface area (Å²) in [5.41, 5.74) is 4.59. The molecule has 1 aliphatic heterocycles. The number of aromatic nitrogens is 2. The highest BCUT2D eigenvalue weighted by atomic mass is 32.1. The van der Waals surface area contributed by atoms with Gasteiger partial charge in [-0.3, -0.25) is 19.9 Å². The molecule has 0 aliphatic carbocycles. The lowest BCUT2D eigenvalue weighted by Crippen LogP contribution is -2.36. The Bertz CT molecular complexity index is 1110. The Labute approximate surface area is 172 Å². The highest BCUT2D eigenvalue weighted by Crippen LogP contribution is 2.27. The molecular formula is C21H19N5O2S. The molecule has 0 bridgehead atoms. The van der Waals surface area contributed by atoms with Crippen LogP contribution in [0.5, 0.6) is 0 Å². The average molecular weight is 405 g/mol. The molecular weight excluding hydrogens is 386 g/mol. The minimum atomic E-state index is -0.347. The van der Waals surface area contributed by atoms with Crippen molar-refractivity contribution in [2.24, 2.45) is 5.10 Å². The van der Waals surface area contributed by atoms with Gasteiger partial charge in [0.15, 0.2) is 5.13 Å². The molecule has 0 spiro atoms. The zero-order chi connectivity index (χ0) is 20.4. The Morgan fingerprint density at radius 2 is 2.07 bits per heavy atom. The maximum atomic E-state index is 12.7. The monoisotopic (exact) mass is 405 g/mol. The van der Waals surface area contributed by atoms with Gasteiger partial charge in [-0.15, -0.1) is 11.3 Å². The number of hydrazone groups is 1. The van der Waals surface area contributed by atoms with Gasteiger partial charge in [0, 0.05) is 36.2 Å². The molecule has 3 heterocycles. The number of hydrogen-bond acceptors (Lipinski definition) is 6. The summed E-state index contributed by atoms with van der Waals surface area (Å²) in [6.07, 6.45) is 3.95. The van der Waals surface area contributed by atoms with Gasteiger partial charge in [-0.25, -0.2) is 9.99 Å². The number of thiazole rings is 1. The number of nitrogens with zero attached hydrogens (tertiary/aromatic N) is 4. The van der Waals surface area contributed by atoms with E-state index in [1.54, 1.807) is 12.4 Å². The van der Waals surface area contributed by atoms with Gasteiger partial charge in [0.2, 0.25) is 5.91 Å². The molecule has 3 aromatic rings. The molecule has 2 aromatic heterocycles. The average Bonchev–Trinajstić information content (AvgIpc) is 3.19. The lowest BCUT2D eigenvalue weighted by atomic mass is 10.1. The van der Waals surface area contributed by atoms with Crippen LogP contribution in [0, 0.1) is 13.8 Å². The molecule has 8 heteroatoms. The fourth-order valence-corrected chi connectivity index (χ4v) is 3.71. The van der Waals surface area contributed by atoms with E-state index in [-0.39, 0.29) is 18.2 Å². The van der Waals surface area contributed by atoms with Crippen LogP contribution in [0.1, 0.15) is 24.0 Å². The molecule has 146 valence electrons. The first-order chi connectivity index (χ1) is 14.0. The van der Waals surface area contributed by atoms with Gasteiger partial charge >= 0.3 is 0 Å². The fraction of sp³-hybridized carbons (Fsp3) is 0.190. The van der Waals surface area contributed by atoms with E-state index >= 15 is 0 Å². The highest BCUT2D eigenvalue weighted by Gasteiger charge is 2.27. The second-order valence-electron chi connectivity index (χ2n) is 6.78. The van der Waals surface area contributed by atoms with Crippen molar-refractivity contribution in [3.8, 4) is 11.3 Å². The SMILES string of the molecule is Cc1ccc(C)c(N2N=C(C(=O)Nc3nc(-c4cccnc4)cs3)CCC2=O)c1. The van der Waals surface area contributed by atoms with E-state index in [1.807, 2.05) is 49.6 Å². The molecule has 1 N–H and O–H groups in total. The van der Waals surface area contributed by atoms with E-state index in [0.717, 1.165) is 22.4 Å². The van der Waals surface area contributed by atoms with Crippen molar-refractivity contribution in [3.05, 3.63) is 59.2 Å². The Balaban J connectivity index is 1.55. The van der Waals surface area contributed by atoms with Gasteiger partial charge in [-0.1, -0.05) is 12.1 Å². The quantitative estimate of drug-likeness (QED) is 0.712. The van der Waals surface area contributed by atoms with Gasteiger partial charge in [-0.05, 0) is 43.2 Å². The Morgan fingerprint density at radius 3 is 2.86 bits per heavy atom. The van der Waals surface area contributed by atoms with Gasteiger partial charge in [0.25, 0.3) is 5.91 Å². The van der Waals surface area contributed by atoms with Crippen molar-refractivity contribution in [2.75, 3.05) is 10.3 Å². The van der Waals surface area contributed by atoms with Crippen LogP contribution < -0.4 is 10.3 Å². The normalized spacial score (nSPS) is 13.9. The Kier molecular flexibility index (Phi) is 5.18. The summed E-state index contributed by atoms with van der Waals surface area (Å²) in [6, 6.07) is 9.57. The maximum Gasteiger partial charge on any atom is 0.273 e. The minimum absolute atomic E-state index is 0.122. The number of benzene rings is 1. The predicted octanol–water partition coefficient (Wildman–Crippen LogP) is 3.94. The molecule has 2 amide bonds. The fourth-order valence-electron chi connectivity index (χ4n) is 3.00. The van der Waals surface area contributed by atoms with E-state index < -0.39 is 0 Å². The van der Waals surface area contributed by atoms with Gasteiger partial charge in [0.05, 0.1) is 11.4 Å². The summed E-state index contributed by atoms with van der Waals surface area (Å²) in [7, 11) is 0. The summed E-state index contributed by atoms with van der Waals surface area (Å²) in [6.45, 7) is 3.87. The number of aryl methyl sites for hydroxylation is 2. The van der Waals surface area contributed by atoms with Crippen molar-refractivity contribution >= 4 is 39.7 Å². The third-order valence-corrected chi connectivity index (χ3v) is 5.33. The third-order valence-electron chi connectivity index (χ3n) is 4.57. The molecule has 1 aliphatic rings. The van der Waals surface area contributed by atoms with E-state index in [4.69, 9.17) is 0 Å². The van der Waals surface area contributed by atoms with Crippen molar-refractivity contribution < 1.29 is 9.59 Å². The number of hydrogen-bond donors (Lipinski definition) is 1. The zero-order valence-electron chi connectivity index (χ0n) is 16.0. The maximum absolute atomic E-state index is 12.7. The largest absolute Gasteiger partial charge is 0.297 e. The Hall–Kier alpha value is -3.39. The van der Waals surface area contributed by atoms with Gasteiger partial charge in [0.1, 0.15) is 5.71 Å². The Morgan fingerprint density at radius 1 is 1.21 bits per heavy atom. The zero-order valence-corrected chi connectivity index (χ0v) is 16.9. The number of carbonyl (C=O) groups excluding carboxylic acids is 2. The molecule has 29 heavy (non-hydrogen) atoms. The lowest BCUT2D eigenvalue weighted by molar-refractivity contribution is -0.118. The minimum Gasteiger partial charge on any atom is -0.297 e. The van der Waals surface area contributed by atoms with Crippen LogP contribution in [0.4, 0.5) is 10.8 Å². The summed E-state index contributed by atoms with van der Waals surface area (Å²) >= 11 is 1.33. The number of amides is 2. The first-order valence-electron chi connectivity index (χ1n) is 9.16. The van der Waals surface area contributed by atoms with Gasteiger partial charge < -0.3 is 0 Å². The number of rotatable bonds is 4. The van der Waals surface area contributed by atoms with Crippen molar-refractivity contribution in [3.63, 3.8) is 0 Å². The molecule has 7 nitrogen and oxygen atoms in total. The number of pyridine rings is 1. The van der Waals surface area contributed by atoms with Crippen LogP contribution in [-0.2, 0) is 9.59 Å².